The number of nitrogens with zero attached hydrogens (tertiary/aromatic N) is 2. The van der Waals surface area contributed by atoms with Gasteiger partial charge in [-0.1, -0.05) is 19.1 Å². The number of likely N-dealkylation sites (tertiary alicyclic amines) is 1. The zero-order chi connectivity index (χ0) is 14.4. The SMILES string of the molecule is CCN1CCCC1CNC(N)=NCc1ccc(F)cc1.I. The van der Waals surface area contributed by atoms with E-state index < -0.39 is 0 Å². The second kappa shape index (κ2) is 9.19. The summed E-state index contributed by atoms with van der Waals surface area (Å²) in [5.74, 6) is 0.224. The third-order valence-electron chi connectivity index (χ3n) is 3.77. The van der Waals surface area contributed by atoms with Crippen molar-refractivity contribution >= 4 is 29.9 Å². The van der Waals surface area contributed by atoms with E-state index in [2.05, 4.69) is 22.1 Å². The molecule has 1 aliphatic heterocycles. The van der Waals surface area contributed by atoms with Gasteiger partial charge in [0.2, 0.25) is 0 Å². The largest absolute Gasteiger partial charge is 0.370 e. The predicted molar refractivity (Wildman–Crippen MR) is 95.4 cm³/mol. The average Bonchev–Trinajstić information content (AvgIpc) is 2.92. The van der Waals surface area contributed by atoms with E-state index in [0.717, 1.165) is 18.7 Å². The standard InChI is InChI=1S/C15H23FN4.HI/c1-2-20-9-3-4-14(20)11-19-15(17)18-10-12-5-7-13(16)8-6-12;/h5-8,14H,2-4,9-11H2,1H3,(H3,17,18,19);1H. The molecule has 1 aliphatic rings. The molecule has 4 nitrogen and oxygen atoms in total. The third kappa shape index (κ3) is 5.78. The van der Waals surface area contributed by atoms with E-state index >= 15 is 0 Å². The Bertz CT molecular complexity index is 449. The van der Waals surface area contributed by atoms with Gasteiger partial charge in [-0.15, -0.1) is 24.0 Å². The quantitative estimate of drug-likeness (QED) is 0.449. The van der Waals surface area contributed by atoms with E-state index in [1.165, 1.54) is 31.5 Å². The minimum Gasteiger partial charge on any atom is -0.370 e. The van der Waals surface area contributed by atoms with Crippen LogP contribution in [0, 0.1) is 5.82 Å². The number of guanidine groups is 1. The van der Waals surface area contributed by atoms with Crippen LogP contribution >= 0.6 is 24.0 Å². The molecule has 0 spiro atoms. The molecule has 1 heterocycles. The highest BCUT2D eigenvalue weighted by molar-refractivity contribution is 14.0. The molecular formula is C15H24FIN4. The van der Waals surface area contributed by atoms with Crippen molar-refractivity contribution in [2.24, 2.45) is 10.7 Å². The van der Waals surface area contributed by atoms with Gasteiger partial charge < -0.3 is 11.1 Å². The molecule has 0 aliphatic carbocycles. The van der Waals surface area contributed by atoms with Gasteiger partial charge in [-0.2, -0.15) is 0 Å². The Morgan fingerprint density at radius 3 is 2.81 bits per heavy atom. The molecule has 1 aromatic rings. The number of nitrogens with one attached hydrogen (secondary N) is 1. The number of aliphatic imine (C=N–C) groups is 1. The van der Waals surface area contributed by atoms with E-state index in [-0.39, 0.29) is 29.8 Å². The van der Waals surface area contributed by atoms with Crippen LogP contribution in [0.25, 0.3) is 0 Å². The van der Waals surface area contributed by atoms with Crippen molar-refractivity contribution < 1.29 is 4.39 Å². The summed E-state index contributed by atoms with van der Waals surface area (Å²) in [6.07, 6.45) is 2.47. The first kappa shape index (κ1) is 18.2. The predicted octanol–water partition coefficient (Wildman–Crippen LogP) is 2.33. The van der Waals surface area contributed by atoms with Crippen molar-refractivity contribution in [2.75, 3.05) is 19.6 Å². The summed E-state index contributed by atoms with van der Waals surface area (Å²) >= 11 is 0. The Hall–Kier alpha value is -0.890. The molecule has 6 heteroatoms. The van der Waals surface area contributed by atoms with E-state index in [1.54, 1.807) is 12.1 Å². The second-order valence-corrected chi connectivity index (χ2v) is 5.13. The fourth-order valence-electron chi connectivity index (χ4n) is 2.59. The highest BCUT2D eigenvalue weighted by atomic mass is 127. The first-order valence-electron chi connectivity index (χ1n) is 7.21. The molecule has 1 fully saturated rings. The molecule has 2 rings (SSSR count). The van der Waals surface area contributed by atoms with Crippen LogP contribution < -0.4 is 11.1 Å². The highest BCUT2D eigenvalue weighted by Gasteiger charge is 2.22. The van der Waals surface area contributed by atoms with Crippen LogP contribution in [0.1, 0.15) is 25.3 Å². The number of halogens is 2. The van der Waals surface area contributed by atoms with Crippen molar-refractivity contribution in [2.45, 2.75) is 32.4 Å². The molecule has 118 valence electrons. The molecular weight excluding hydrogens is 382 g/mol. The molecule has 3 N–H and O–H groups in total. The van der Waals surface area contributed by atoms with Crippen LogP contribution in [-0.2, 0) is 6.54 Å². The van der Waals surface area contributed by atoms with Crippen LogP contribution in [0.2, 0.25) is 0 Å². The van der Waals surface area contributed by atoms with Gasteiger partial charge in [0.25, 0.3) is 0 Å². The number of rotatable bonds is 5. The summed E-state index contributed by atoms with van der Waals surface area (Å²) < 4.78 is 12.8. The Morgan fingerprint density at radius 1 is 1.43 bits per heavy atom. The Morgan fingerprint density at radius 2 is 2.14 bits per heavy atom. The molecule has 0 aromatic heterocycles. The van der Waals surface area contributed by atoms with Gasteiger partial charge in [0, 0.05) is 12.6 Å². The summed E-state index contributed by atoms with van der Waals surface area (Å²) in [6.45, 7) is 5.76. The third-order valence-corrected chi connectivity index (χ3v) is 3.77. The first-order chi connectivity index (χ1) is 9.69. The van der Waals surface area contributed by atoms with E-state index in [9.17, 15) is 4.39 Å². The van der Waals surface area contributed by atoms with Crippen LogP contribution in [0.4, 0.5) is 4.39 Å². The first-order valence-corrected chi connectivity index (χ1v) is 7.21. The number of benzene rings is 1. The molecule has 0 saturated carbocycles. The minimum atomic E-state index is -0.232. The maximum absolute atomic E-state index is 12.8. The van der Waals surface area contributed by atoms with Crippen molar-refractivity contribution in [1.82, 2.24) is 10.2 Å². The smallest absolute Gasteiger partial charge is 0.188 e. The molecule has 0 radical (unpaired) electrons. The number of nitrogens with two attached hydrogens (primary N) is 1. The Kier molecular flexibility index (Phi) is 7.95. The summed E-state index contributed by atoms with van der Waals surface area (Å²) in [6, 6.07) is 6.88. The van der Waals surface area contributed by atoms with Gasteiger partial charge in [0.15, 0.2) is 5.96 Å². The monoisotopic (exact) mass is 406 g/mol. The lowest BCUT2D eigenvalue weighted by Gasteiger charge is -2.23. The molecule has 0 bridgehead atoms. The highest BCUT2D eigenvalue weighted by Crippen LogP contribution is 2.15. The molecule has 1 saturated heterocycles. The normalized spacial score (nSPS) is 19.3. The van der Waals surface area contributed by atoms with Crippen LogP contribution in [0.3, 0.4) is 0 Å². The number of likely N-dealkylation sites (N-methyl/N-ethyl adjacent to an activating group) is 1. The number of hydrogen-bond donors (Lipinski definition) is 2. The van der Waals surface area contributed by atoms with Crippen LogP contribution in [0.15, 0.2) is 29.3 Å². The van der Waals surface area contributed by atoms with Gasteiger partial charge in [-0.25, -0.2) is 9.38 Å². The van der Waals surface area contributed by atoms with E-state index in [4.69, 9.17) is 5.73 Å². The number of hydrogen-bond acceptors (Lipinski definition) is 2. The molecule has 1 atom stereocenters. The Labute approximate surface area is 143 Å². The fourth-order valence-corrected chi connectivity index (χ4v) is 2.59. The zero-order valence-corrected chi connectivity index (χ0v) is 14.7. The maximum Gasteiger partial charge on any atom is 0.188 e. The maximum atomic E-state index is 12.8. The molecule has 1 unspecified atom stereocenters. The topological polar surface area (TPSA) is 53.6 Å². The van der Waals surface area contributed by atoms with Crippen LogP contribution in [0.5, 0.6) is 0 Å². The molecule has 21 heavy (non-hydrogen) atoms. The van der Waals surface area contributed by atoms with E-state index in [0.29, 0.717) is 18.5 Å². The summed E-state index contributed by atoms with van der Waals surface area (Å²) in [7, 11) is 0. The lowest BCUT2D eigenvalue weighted by atomic mass is 10.2. The lowest BCUT2D eigenvalue weighted by Crippen LogP contribution is -2.42. The zero-order valence-electron chi connectivity index (χ0n) is 12.4. The summed E-state index contributed by atoms with van der Waals surface area (Å²) in [4.78, 5) is 6.74. The van der Waals surface area contributed by atoms with Gasteiger partial charge in [0.05, 0.1) is 6.54 Å². The van der Waals surface area contributed by atoms with Gasteiger partial charge in [-0.05, 0) is 43.6 Å². The van der Waals surface area contributed by atoms with Gasteiger partial charge in [0.1, 0.15) is 5.82 Å². The second-order valence-electron chi connectivity index (χ2n) is 5.13. The van der Waals surface area contributed by atoms with Crippen molar-refractivity contribution in [3.05, 3.63) is 35.6 Å². The minimum absolute atomic E-state index is 0. The summed E-state index contributed by atoms with van der Waals surface area (Å²) in [5, 5.41) is 3.18. The van der Waals surface area contributed by atoms with Gasteiger partial charge >= 0.3 is 0 Å². The summed E-state index contributed by atoms with van der Waals surface area (Å²) in [5.41, 5.74) is 6.81. The molecule has 0 amide bonds. The van der Waals surface area contributed by atoms with Gasteiger partial charge in [-0.3, -0.25) is 4.90 Å². The van der Waals surface area contributed by atoms with Crippen molar-refractivity contribution in [3.63, 3.8) is 0 Å². The molecule has 1 aromatic carbocycles. The lowest BCUT2D eigenvalue weighted by molar-refractivity contribution is 0.267. The van der Waals surface area contributed by atoms with Crippen molar-refractivity contribution in [1.29, 1.82) is 0 Å². The fraction of sp³-hybridized carbons (Fsp3) is 0.533. The Balaban J connectivity index is 0.00000220. The van der Waals surface area contributed by atoms with E-state index in [1.807, 2.05) is 0 Å². The van der Waals surface area contributed by atoms with Crippen molar-refractivity contribution in [3.8, 4) is 0 Å². The average molecular weight is 406 g/mol. The van der Waals surface area contributed by atoms with Crippen LogP contribution in [-0.4, -0.2) is 36.5 Å².